The Kier molecular flexibility index (Phi) is 4.99. The Morgan fingerprint density at radius 2 is 2.36 bits per heavy atom. The number of aromatic hydroxyl groups is 1. The van der Waals surface area contributed by atoms with Crippen LogP contribution < -0.4 is 0 Å². The molecule has 0 atom stereocenters. The van der Waals surface area contributed by atoms with Gasteiger partial charge in [-0.3, -0.25) is 15.2 Å². The molecule has 0 aliphatic rings. The molecule has 8 nitrogen and oxygen atoms in total. The SMILES string of the molecule is CCCCc1n[nH]c(=S)n1/N=C\c1ccc(O)c([N+](=O)[O-])c1. The summed E-state index contributed by atoms with van der Waals surface area (Å²) in [5.74, 6) is 0.321. The van der Waals surface area contributed by atoms with E-state index < -0.39 is 4.92 Å². The fraction of sp³-hybridized carbons (Fsp3) is 0.308. The molecule has 0 radical (unpaired) electrons. The van der Waals surface area contributed by atoms with Crippen LogP contribution in [-0.2, 0) is 6.42 Å². The molecular formula is C13H15N5O3S. The highest BCUT2D eigenvalue weighted by atomic mass is 32.1. The Morgan fingerprint density at radius 3 is 3.05 bits per heavy atom. The highest BCUT2D eigenvalue weighted by molar-refractivity contribution is 7.71. The smallest absolute Gasteiger partial charge is 0.311 e. The Bertz CT molecular complexity index is 765. The number of aryl methyl sites for hydroxylation is 1. The number of hydrogen-bond donors (Lipinski definition) is 2. The molecule has 0 amide bonds. The number of unbranched alkanes of at least 4 members (excludes halogenated alkanes) is 1. The first kappa shape index (κ1) is 15.8. The Morgan fingerprint density at radius 1 is 1.59 bits per heavy atom. The van der Waals surface area contributed by atoms with Crippen LogP contribution >= 0.6 is 12.2 Å². The van der Waals surface area contributed by atoms with Gasteiger partial charge in [0.25, 0.3) is 0 Å². The van der Waals surface area contributed by atoms with Gasteiger partial charge in [-0.05, 0) is 30.8 Å². The predicted molar refractivity (Wildman–Crippen MR) is 83.8 cm³/mol. The number of phenols is 1. The maximum Gasteiger partial charge on any atom is 0.311 e. The van der Waals surface area contributed by atoms with Crippen LogP contribution in [0.2, 0.25) is 0 Å². The van der Waals surface area contributed by atoms with E-state index in [9.17, 15) is 15.2 Å². The van der Waals surface area contributed by atoms with E-state index in [-0.39, 0.29) is 11.4 Å². The summed E-state index contributed by atoms with van der Waals surface area (Å²) in [5.41, 5.74) is 0.111. The zero-order valence-corrected chi connectivity index (χ0v) is 12.7. The molecule has 0 unspecified atom stereocenters. The molecule has 2 rings (SSSR count). The van der Waals surface area contributed by atoms with Gasteiger partial charge < -0.3 is 5.11 Å². The molecular weight excluding hydrogens is 306 g/mol. The molecule has 0 aliphatic heterocycles. The number of phenolic OH excluding ortho intramolecular Hbond substituents is 1. The number of aromatic nitrogens is 3. The van der Waals surface area contributed by atoms with Gasteiger partial charge in [0.2, 0.25) is 4.77 Å². The van der Waals surface area contributed by atoms with Crippen LogP contribution in [0.15, 0.2) is 23.3 Å². The lowest BCUT2D eigenvalue weighted by atomic mass is 10.2. The number of rotatable bonds is 6. The number of H-pyrrole nitrogens is 1. The van der Waals surface area contributed by atoms with E-state index in [1.807, 2.05) is 0 Å². The minimum Gasteiger partial charge on any atom is -0.502 e. The first-order valence-corrected chi connectivity index (χ1v) is 7.11. The van der Waals surface area contributed by atoms with E-state index in [0.29, 0.717) is 16.2 Å². The first-order chi connectivity index (χ1) is 10.5. The van der Waals surface area contributed by atoms with Crippen molar-refractivity contribution in [1.29, 1.82) is 0 Å². The number of hydrogen-bond acceptors (Lipinski definition) is 6. The number of aromatic amines is 1. The van der Waals surface area contributed by atoms with Crippen molar-refractivity contribution in [3.05, 3.63) is 44.5 Å². The summed E-state index contributed by atoms with van der Waals surface area (Å²) in [4.78, 5) is 10.1. The molecule has 0 fully saturated rings. The van der Waals surface area contributed by atoms with Crippen LogP contribution in [0.4, 0.5) is 5.69 Å². The molecule has 1 heterocycles. The summed E-state index contributed by atoms with van der Waals surface area (Å²) in [6, 6.07) is 4.03. The van der Waals surface area contributed by atoms with Gasteiger partial charge in [0.1, 0.15) is 0 Å². The van der Waals surface area contributed by atoms with Crippen molar-refractivity contribution in [2.45, 2.75) is 26.2 Å². The van der Waals surface area contributed by atoms with E-state index in [2.05, 4.69) is 22.2 Å². The molecule has 1 aromatic heterocycles. The summed E-state index contributed by atoms with van der Waals surface area (Å²) in [6.07, 6.45) is 4.15. The second-order valence-corrected chi connectivity index (χ2v) is 5.00. The molecule has 1 aromatic carbocycles. The highest BCUT2D eigenvalue weighted by Gasteiger charge is 2.13. The lowest BCUT2D eigenvalue weighted by Gasteiger charge is -2.00. The van der Waals surface area contributed by atoms with Crippen LogP contribution in [0.25, 0.3) is 0 Å². The van der Waals surface area contributed by atoms with Gasteiger partial charge in [-0.2, -0.15) is 14.9 Å². The van der Waals surface area contributed by atoms with E-state index >= 15 is 0 Å². The van der Waals surface area contributed by atoms with Crippen molar-refractivity contribution in [2.75, 3.05) is 0 Å². The van der Waals surface area contributed by atoms with Crippen molar-refractivity contribution in [1.82, 2.24) is 14.9 Å². The maximum atomic E-state index is 10.8. The van der Waals surface area contributed by atoms with Gasteiger partial charge in [0.05, 0.1) is 11.1 Å². The minimum absolute atomic E-state index is 0.357. The quantitative estimate of drug-likeness (QED) is 0.368. The van der Waals surface area contributed by atoms with Crippen molar-refractivity contribution in [3.8, 4) is 5.75 Å². The fourth-order valence-corrected chi connectivity index (χ4v) is 2.03. The van der Waals surface area contributed by atoms with Gasteiger partial charge >= 0.3 is 5.69 Å². The summed E-state index contributed by atoms with van der Waals surface area (Å²) in [5, 5.41) is 31.2. The molecule has 2 aromatic rings. The van der Waals surface area contributed by atoms with Crippen LogP contribution in [0, 0.1) is 14.9 Å². The van der Waals surface area contributed by atoms with Gasteiger partial charge in [-0.15, -0.1) is 0 Å². The molecule has 9 heteroatoms. The van der Waals surface area contributed by atoms with Crippen molar-refractivity contribution in [2.24, 2.45) is 5.10 Å². The average molecular weight is 321 g/mol. The van der Waals surface area contributed by atoms with E-state index in [1.54, 1.807) is 0 Å². The van der Waals surface area contributed by atoms with Gasteiger partial charge in [0, 0.05) is 18.1 Å². The molecule has 0 aliphatic carbocycles. The fourth-order valence-electron chi connectivity index (χ4n) is 1.83. The third-order valence-corrected chi connectivity index (χ3v) is 3.25. The number of benzene rings is 1. The number of nitro benzene ring substituents is 1. The standard InChI is InChI=1S/C13H15N5O3S/c1-2-3-4-12-15-16-13(22)17(12)14-8-9-5-6-11(19)10(7-9)18(20)21/h5-8,19H,2-4H2,1H3,(H,16,22)/b14-8-. The van der Waals surface area contributed by atoms with E-state index in [4.69, 9.17) is 12.2 Å². The minimum atomic E-state index is -0.650. The second kappa shape index (κ2) is 6.94. The zero-order valence-electron chi connectivity index (χ0n) is 11.9. The number of nitro groups is 1. The van der Waals surface area contributed by atoms with Crippen LogP contribution in [0.3, 0.4) is 0 Å². The zero-order chi connectivity index (χ0) is 16.1. The summed E-state index contributed by atoms with van der Waals surface area (Å²) < 4.78 is 1.85. The first-order valence-electron chi connectivity index (χ1n) is 6.71. The lowest BCUT2D eigenvalue weighted by molar-refractivity contribution is -0.385. The monoisotopic (exact) mass is 321 g/mol. The predicted octanol–water partition coefficient (Wildman–Crippen LogP) is 2.78. The normalized spacial score (nSPS) is 11.1. The summed E-state index contributed by atoms with van der Waals surface area (Å²) in [7, 11) is 0. The summed E-state index contributed by atoms with van der Waals surface area (Å²) in [6.45, 7) is 2.07. The van der Waals surface area contributed by atoms with Crippen molar-refractivity contribution in [3.63, 3.8) is 0 Å². The van der Waals surface area contributed by atoms with E-state index in [1.165, 1.54) is 29.1 Å². The maximum absolute atomic E-state index is 10.8. The third kappa shape index (κ3) is 3.55. The molecule has 0 spiro atoms. The van der Waals surface area contributed by atoms with Crippen molar-refractivity contribution < 1.29 is 10.0 Å². The van der Waals surface area contributed by atoms with Gasteiger partial charge in [-0.1, -0.05) is 13.3 Å². The second-order valence-electron chi connectivity index (χ2n) is 4.61. The van der Waals surface area contributed by atoms with Crippen LogP contribution in [0.5, 0.6) is 5.75 Å². The molecule has 22 heavy (non-hydrogen) atoms. The van der Waals surface area contributed by atoms with E-state index in [0.717, 1.165) is 19.3 Å². The largest absolute Gasteiger partial charge is 0.502 e. The van der Waals surface area contributed by atoms with Crippen LogP contribution in [-0.4, -0.2) is 31.1 Å². The highest BCUT2D eigenvalue weighted by Crippen LogP contribution is 2.25. The Balaban J connectivity index is 2.29. The Labute approximate surface area is 131 Å². The molecule has 2 N–H and O–H groups in total. The third-order valence-electron chi connectivity index (χ3n) is 2.99. The average Bonchev–Trinajstić information content (AvgIpc) is 2.84. The molecule has 0 saturated heterocycles. The number of nitrogens with one attached hydrogen (secondary N) is 1. The van der Waals surface area contributed by atoms with Crippen molar-refractivity contribution >= 4 is 24.1 Å². The van der Waals surface area contributed by atoms with Gasteiger partial charge in [-0.25, -0.2) is 0 Å². The summed E-state index contributed by atoms with van der Waals surface area (Å²) >= 11 is 5.11. The number of nitrogens with zero attached hydrogens (tertiary/aromatic N) is 4. The topological polar surface area (TPSA) is 109 Å². The molecule has 116 valence electrons. The lowest BCUT2D eigenvalue weighted by Crippen LogP contribution is -1.99. The Hall–Kier alpha value is -2.55. The molecule has 0 saturated carbocycles. The van der Waals surface area contributed by atoms with Gasteiger partial charge in [0.15, 0.2) is 11.6 Å². The molecule has 0 bridgehead atoms. The van der Waals surface area contributed by atoms with Crippen LogP contribution in [0.1, 0.15) is 31.2 Å².